The van der Waals surface area contributed by atoms with Crippen molar-refractivity contribution in [2.75, 3.05) is 0 Å². The monoisotopic (exact) mass is 412 g/mol. The first kappa shape index (κ1) is 20.5. The van der Waals surface area contributed by atoms with E-state index in [9.17, 15) is 9.59 Å². The number of nitrogens with two attached hydrogens (primary N) is 1. The summed E-state index contributed by atoms with van der Waals surface area (Å²) in [5.74, 6) is -0.117. The van der Waals surface area contributed by atoms with Crippen LogP contribution in [0.3, 0.4) is 0 Å². The molecule has 156 valence electrons. The van der Waals surface area contributed by atoms with Crippen molar-refractivity contribution in [3.05, 3.63) is 112 Å². The molecular weight excluding hydrogens is 388 g/mol. The molecule has 3 N–H and O–H groups in total. The maximum absolute atomic E-state index is 13.0. The van der Waals surface area contributed by atoms with Gasteiger partial charge in [0.25, 0.3) is 5.56 Å². The Morgan fingerprint density at radius 1 is 0.968 bits per heavy atom. The smallest absolute Gasteiger partial charge is 0.261 e. The third-order valence-electron chi connectivity index (χ3n) is 5.26. The molecule has 0 saturated carbocycles. The van der Waals surface area contributed by atoms with Gasteiger partial charge in [-0.05, 0) is 30.2 Å². The van der Waals surface area contributed by atoms with E-state index in [4.69, 9.17) is 5.73 Å². The minimum absolute atomic E-state index is 0.104. The number of primary amides is 1. The van der Waals surface area contributed by atoms with Crippen LogP contribution in [0, 0.1) is 6.92 Å². The van der Waals surface area contributed by atoms with E-state index >= 15 is 0 Å². The molecule has 4 aromatic rings. The van der Waals surface area contributed by atoms with Crippen LogP contribution in [-0.4, -0.2) is 15.5 Å². The minimum Gasteiger partial charge on any atom is -0.368 e. The van der Waals surface area contributed by atoms with Gasteiger partial charge in [0.05, 0.1) is 23.5 Å². The second-order valence-electron chi connectivity index (χ2n) is 7.54. The van der Waals surface area contributed by atoms with Gasteiger partial charge in [-0.2, -0.15) is 0 Å². The summed E-state index contributed by atoms with van der Waals surface area (Å²) in [6.45, 7) is 2.13. The summed E-state index contributed by atoms with van der Waals surface area (Å²) in [6.07, 6.45) is 0. The molecular formula is C25H24N4O2. The minimum atomic E-state index is -0.585. The van der Waals surface area contributed by atoms with Crippen LogP contribution in [0.2, 0.25) is 0 Å². The zero-order valence-corrected chi connectivity index (χ0v) is 17.3. The predicted octanol–water partition coefficient (Wildman–Crippen LogP) is 3.07. The van der Waals surface area contributed by atoms with Crippen molar-refractivity contribution in [3.63, 3.8) is 0 Å². The highest BCUT2D eigenvalue weighted by Gasteiger charge is 2.17. The molecule has 0 aliphatic carbocycles. The van der Waals surface area contributed by atoms with Crippen LogP contribution in [-0.2, 0) is 17.9 Å². The first-order chi connectivity index (χ1) is 15.0. The number of hydrogen-bond donors (Lipinski definition) is 2. The van der Waals surface area contributed by atoms with Crippen molar-refractivity contribution in [2.24, 2.45) is 5.73 Å². The SMILES string of the molecule is Cc1ccc([C@@H](NCc2nc3ccccc3c(=O)n2CC(N)=O)c2ccccc2)cc1. The topological polar surface area (TPSA) is 90.0 Å². The highest BCUT2D eigenvalue weighted by Crippen LogP contribution is 2.23. The summed E-state index contributed by atoms with van der Waals surface area (Å²) >= 11 is 0. The Morgan fingerprint density at radius 2 is 1.61 bits per heavy atom. The third-order valence-corrected chi connectivity index (χ3v) is 5.26. The van der Waals surface area contributed by atoms with Crippen molar-refractivity contribution in [2.45, 2.75) is 26.1 Å². The van der Waals surface area contributed by atoms with Gasteiger partial charge in [0.15, 0.2) is 0 Å². The molecule has 0 spiro atoms. The fourth-order valence-corrected chi connectivity index (χ4v) is 3.69. The van der Waals surface area contributed by atoms with Crippen LogP contribution in [0.25, 0.3) is 10.9 Å². The Bertz CT molecular complexity index is 1260. The van der Waals surface area contributed by atoms with Gasteiger partial charge in [-0.25, -0.2) is 4.98 Å². The zero-order chi connectivity index (χ0) is 21.8. The molecule has 0 radical (unpaired) electrons. The Hall–Kier alpha value is -3.77. The molecule has 0 fully saturated rings. The van der Waals surface area contributed by atoms with E-state index in [0.717, 1.165) is 11.1 Å². The second-order valence-corrected chi connectivity index (χ2v) is 7.54. The molecule has 1 amide bonds. The average molecular weight is 412 g/mol. The molecule has 6 heteroatoms. The molecule has 0 unspecified atom stereocenters. The fraction of sp³-hybridized carbons (Fsp3) is 0.160. The first-order valence-electron chi connectivity index (χ1n) is 10.1. The number of rotatable bonds is 7. The van der Waals surface area contributed by atoms with E-state index in [-0.39, 0.29) is 18.1 Å². The maximum atomic E-state index is 13.0. The van der Waals surface area contributed by atoms with E-state index in [1.807, 2.05) is 24.3 Å². The van der Waals surface area contributed by atoms with Crippen LogP contribution >= 0.6 is 0 Å². The van der Waals surface area contributed by atoms with E-state index in [2.05, 4.69) is 53.6 Å². The molecule has 0 aliphatic heterocycles. The summed E-state index contributed by atoms with van der Waals surface area (Å²) in [7, 11) is 0. The Labute approximate surface area is 180 Å². The molecule has 6 nitrogen and oxygen atoms in total. The summed E-state index contributed by atoms with van der Waals surface area (Å²) in [5, 5.41) is 3.98. The molecule has 1 aromatic heterocycles. The van der Waals surface area contributed by atoms with Gasteiger partial charge in [0, 0.05) is 0 Å². The molecule has 0 saturated heterocycles. The van der Waals surface area contributed by atoms with Crippen LogP contribution in [0.5, 0.6) is 0 Å². The lowest BCUT2D eigenvalue weighted by molar-refractivity contribution is -0.118. The lowest BCUT2D eigenvalue weighted by Gasteiger charge is -2.21. The van der Waals surface area contributed by atoms with E-state index in [1.165, 1.54) is 10.1 Å². The third kappa shape index (κ3) is 4.54. The van der Waals surface area contributed by atoms with Crippen molar-refractivity contribution in [3.8, 4) is 0 Å². The number of carbonyl (C=O) groups excluding carboxylic acids is 1. The number of benzene rings is 3. The molecule has 0 bridgehead atoms. The number of nitrogens with one attached hydrogen (secondary N) is 1. The molecule has 1 heterocycles. The highest BCUT2D eigenvalue weighted by molar-refractivity contribution is 5.78. The van der Waals surface area contributed by atoms with Crippen LogP contribution < -0.4 is 16.6 Å². The Morgan fingerprint density at radius 3 is 2.32 bits per heavy atom. The largest absolute Gasteiger partial charge is 0.368 e. The maximum Gasteiger partial charge on any atom is 0.261 e. The second kappa shape index (κ2) is 8.93. The number of fused-ring (bicyclic) bond motifs is 1. The van der Waals surface area contributed by atoms with Crippen molar-refractivity contribution in [1.29, 1.82) is 0 Å². The lowest BCUT2D eigenvalue weighted by Crippen LogP contribution is -2.34. The van der Waals surface area contributed by atoms with Crippen molar-refractivity contribution < 1.29 is 4.79 Å². The average Bonchev–Trinajstić information content (AvgIpc) is 2.78. The Kier molecular flexibility index (Phi) is 5.91. The van der Waals surface area contributed by atoms with E-state index < -0.39 is 5.91 Å². The number of aryl methyl sites for hydroxylation is 1. The summed E-state index contributed by atoms with van der Waals surface area (Å²) in [6, 6.07) is 25.4. The molecule has 0 aliphatic rings. The fourth-order valence-electron chi connectivity index (χ4n) is 3.69. The number of nitrogens with zero attached hydrogens (tertiary/aromatic N) is 2. The number of aromatic nitrogens is 2. The highest BCUT2D eigenvalue weighted by atomic mass is 16.2. The normalized spacial score (nSPS) is 12.0. The zero-order valence-electron chi connectivity index (χ0n) is 17.3. The quantitative estimate of drug-likeness (QED) is 0.488. The van der Waals surface area contributed by atoms with Gasteiger partial charge in [0.2, 0.25) is 5.91 Å². The van der Waals surface area contributed by atoms with Gasteiger partial charge in [-0.15, -0.1) is 0 Å². The van der Waals surface area contributed by atoms with Gasteiger partial charge >= 0.3 is 0 Å². The number of para-hydroxylation sites is 1. The van der Waals surface area contributed by atoms with Crippen LogP contribution in [0.4, 0.5) is 0 Å². The van der Waals surface area contributed by atoms with Gasteiger partial charge in [-0.3, -0.25) is 19.5 Å². The Balaban J connectivity index is 1.73. The summed E-state index contributed by atoms with van der Waals surface area (Å²) in [5.41, 5.74) is 9.11. The van der Waals surface area contributed by atoms with Gasteiger partial charge in [0.1, 0.15) is 12.4 Å². The van der Waals surface area contributed by atoms with Gasteiger partial charge in [-0.1, -0.05) is 72.3 Å². The standard InChI is InChI=1S/C25H24N4O2/c1-17-11-13-19(14-12-17)24(18-7-3-2-4-8-18)27-15-23-28-21-10-6-5-9-20(21)25(31)29(23)16-22(26)30/h2-14,24,27H,15-16H2,1H3,(H2,26,30)/t24-/m0/s1. The van der Waals surface area contributed by atoms with Gasteiger partial charge < -0.3 is 5.73 Å². The first-order valence-corrected chi connectivity index (χ1v) is 10.1. The predicted molar refractivity (Wildman–Crippen MR) is 122 cm³/mol. The lowest BCUT2D eigenvalue weighted by atomic mass is 9.98. The van der Waals surface area contributed by atoms with Crippen molar-refractivity contribution >= 4 is 16.8 Å². The molecule has 1 atom stereocenters. The number of hydrogen-bond acceptors (Lipinski definition) is 4. The molecule has 3 aromatic carbocycles. The number of amides is 1. The summed E-state index contributed by atoms with van der Waals surface area (Å²) < 4.78 is 1.36. The number of carbonyl (C=O) groups is 1. The molecule has 4 rings (SSSR count). The van der Waals surface area contributed by atoms with E-state index in [0.29, 0.717) is 23.3 Å². The summed E-state index contributed by atoms with van der Waals surface area (Å²) in [4.78, 5) is 29.3. The molecule has 31 heavy (non-hydrogen) atoms. The van der Waals surface area contributed by atoms with Crippen LogP contribution in [0.1, 0.15) is 28.6 Å². The van der Waals surface area contributed by atoms with E-state index in [1.54, 1.807) is 18.2 Å². The van der Waals surface area contributed by atoms with Crippen molar-refractivity contribution in [1.82, 2.24) is 14.9 Å². The van der Waals surface area contributed by atoms with Crippen LogP contribution in [0.15, 0.2) is 83.7 Å².